The smallest absolute Gasteiger partial charge is 0.326 e. The van der Waals surface area contributed by atoms with E-state index in [1.807, 2.05) is 0 Å². The van der Waals surface area contributed by atoms with Gasteiger partial charge in [0.1, 0.15) is 36.0 Å². The zero-order valence-electron chi connectivity index (χ0n) is 31.5. The second-order valence-corrected chi connectivity index (χ2v) is 13.8. The van der Waals surface area contributed by atoms with Crippen LogP contribution in [0.2, 0.25) is 0 Å². The molecule has 1 aliphatic rings. The van der Waals surface area contributed by atoms with Crippen LogP contribution in [0.3, 0.4) is 0 Å². The number of hydrogen-bond acceptors (Lipinski definition) is 10. The molecule has 2 aromatic carbocycles. The summed E-state index contributed by atoms with van der Waals surface area (Å²) < 4.78 is 0. The lowest BCUT2D eigenvalue weighted by atomic mass is 9.96. The summed E-state index contributed by atoms with van der Waals surface area (Å²) >= 11 is 0. The minimum absolute atomic E-state index is 0.00303. The van der Waals surface area contributed by atoms with Crippen molar-refractivity contribution in [3.8, 4) is 5.75 Å². The molecule has 6 amide bonds. The fourth-order valence-corrected chi connectivity index (χ4v) is 6.04. The predicted molar refractivity (Wildman–Crippen MR) is 200 cm³/mol. The molecule has 56 heavy (non-hydrogen) atoms. The van der Waals surface area contributed by atoms with Crippen molar-refractivity contribution in [2.75, 3.05) is 13.1 Å². The highest BCUT2D eigenvalue weighted by atomic mass is 16.4. The first-order chi connectivity index (χ1) is 26.5. The van der Waals surface area contributed by atoms with Gasteiger partial charge in [-0.25, -0.2) is 4.79 Å². The predicted octanol–water partition coefficient (Wildman–Crippen LogP) is -0.824. The maximum Gasteiger partial charge on any atom is 0.326 e. The Labute approximate surface area is 323 Å². The van der Waals surface area contributed by atoms with E-state index < -0.39 is 96.6 Å². The number of phenolic OH excluding ortho intramolecular Hbond substituents is 1. The van der Waals surface area contributed by atoms with E-state index in [0.29, 0.717) is 24.0 Å². The monoisotopic (exact) mass is 781 g/mol. The minimum Gasteiger partial charge on any atom is -0.508 e. The fourth-order valence-electron chi connectivity index (χ4n) is 6.04. The molecule has 0 saturated carbocycles. The third-order valence-corrected chi connectivity index (χ3v) is 9.45. The van der Waals surface area contributed by atoms with Crippen molar-refractivity contribution in [1.82, 2.24) is 31.5 Å². The number of rotatable bonds is 20. The number of carboxylic acids is 2. The summed E-state index contributed by atoms with van der Waals surface area (Å²) in [4.78, 5) is 104. The zero-order valence-corrected chi connectivity index (χ0v) is 31.5. The summed E-state index contributed by atoms with van der Waals surface area (Å²) in [7, 11) is 0. The number of carboxylic acid groups (broad SMARTS) is 2. The van der Waals surface area contributed by atoms with Gasteiger partial charge in [-0.15, -0.1) is 0 Å². The van der Waals surface area contributed by atoms with Crippen LogP contribution in [0.4, 0.5) is 0 Å². The SMILES string of the molecule is CC[C@H](C)[C@H](NC(=O)[C@@H](N)CC(=O)O)C(=O)N1CCC[C@H]1C(=O)NCC(=O)N[C@@H](Cc1ccccc1)C(=O)N[C@@H](C)C(=O)N[C@@H](Cc1ccc(O)cc1)C(=O)O. The number of nitrogens with zero attached hydrogens (tertiary/aromatic N) is 1. The van der Waals surface area contributed by atoms with E-state index in [1.165, 1.54) is 36.1 Å². The molecule has 304 valence electrons. The summed E-state index contributed by atoms with van der Waals surface area (Å²) in [5.41, 5.74) is 6.91. The molecular formula is C38H51N7O11. The van der Waals surface area contributed by atoms with Gasteiger partial charge in [0.05, 0.1) is 19.0 Å². The van der Waals surface area contributed by atoms with E-state index in [1.54, 1.807) is 44.2 Å². The van der Waals surface area contributed by atoms with Gasteiger partial charge >= 0.3 is 11.9 Å². The van der Waals surface area contributed by atoms with Gasteiger partial charge in [0.15, 0.2) is 0 Å². The lowest BCUT2D eigenvalue weighted by Crippen LogP contribution is -2.58. The molecule has 1 aliphatic heterocycles. The molecule has 1 heterocycles. The number of likely N-dealkylation sites (tertiary alicyclic amines) is 1. The topological polar surface area (TPSA) is 287 Å². The number of nitrogens with one attached hydrogen (secondary N) is 5. The van der Waals surface area contributed by atoms with Crippen molar-refractivity contribution in [1.29, 1.82) is 0 Å². The molecule has 7 atom stereocenters. The first-order valence-electron chi connectivity index (χ1n) is 18.3. The normalized spacial score (nSPS) is 16.9. The van der Waals surface area contributed by atoms with E-state index in [4.69, 9.17) is 10.8 Å². The second-order valence-electron chi connectivity index (χ2n) is 13.8. The van der Waals surface area contributed by atoms with Crippen LogP contribution in [0, 0.1) is 5.92 Å². The Morgan fingerprint density at radius 3 is 2.04 bits per heavy atom. The van der Waals surface area contributed by atoms with Gasteiger partial charge in [0, 0.05) is 19.4 Å². The molecule has 0 aromatic heterocycles. The van der Waals surface area contributed by atoms with E-state index >= 15 is 0 Å². The van der Waals surface area contributed by atoms with Gasteiger partial charge in [0.25, 0.3) is 0 Å². The van der Waals surface area contributed by atoms with Gasteiger partial charge in [0.2, 0.25) is 35.4 Å². The third kappa shape index (κ3) is 13.4. The van der Waals surface area contributed by atoms with Crippen molar-refractivity contribution in [2.45, 2.75) is 95.5 Å². The number of carbonyl (C=O) groups is 8. The molecule has 1 fully saturated rings. The second kappa shape index (κ2) is 21.2. The standard InChI is InChI=1S/C38H51N7O11/c1-4-21(2)32(44-34(51)26(39)19-31(48)49)37(54)45-16-8-11-29(45)36(53)40-20-30(47)42-27(17-23-9-6-5-7-10-23)35(52)41-22(3)33(50)43-28(38(55)56)18-24-12-14-25(46)15-13-24/h5-7,9-10,12-15,21-22,26-29,32,46H,4,8,11,16-20,39H2,1-3H3,(H,40,53)(H,41,52)(H,42,47)(H,43,50)(H,44,51)(H,48,49)(H,55,56)/t21-,22-,26-,27-,28-,29-,32-/m0/s1. The van der Waals surface area contributed by atoms with Gasteiger partial charge in [-0.05, 0) is 48.9 Å². The van der Waals surface area contributed by atoms with Crippen LogP contribution in [0.1, 0.15) is 57.6 Å². The van der Waals surface area contributed by atoms with Gasteiger partial charge in [-0.2, -0.15) is 0 Å². The number of benzene rings is 2. The van der Waals surface area contributed by atoms with Crippen LogP contribution >= 0.6 is 0 Å². The molecule has 0 spiro atoms. The highest BCUT2D eigenvalue weighted by Crippen LogP contribution is 2.22. The van der Waals surface area contributed by atoms with E-state index in [-0.39, 0.29) is 37.5 Å². The Balaban J connectivity index is 1.64. The number of carbonyl (C=O) groups excluding carboxylic acids is 6. The van der Waals surface area contributed by atoms with Gasteiger partial charge in [-0.1, -0.05) is 62.7 Å². The molecule has 0 aliphatic carbocycles. The van der Waals surface area contributed by atoms with Crippen LogP contribution in [-0.4, -0.2) is 117 Å². The Hall–Kier alpha value is -6.04. The molecule has 0 bridgehead atoms. The van der Waals surface area contributed by atoms with Crippen LogP contribution in [0.15, 0.2) is 54.6 Å². The maximum atomic E-state index is 13.7. The Kier molecular flexibility index (Phi) is 16.8. The zero-order chi connectivity index (χ0) is 41.5. The molecule has 1 saturated heterocycles. The molecule has 0 radical (unpaired) electrons. The highest BCUT2D eigenvalue weighted by molar-refractivity contribution is 5.96. The van der Waals surface area contributed by atoms with Crippen molar-refractivity contribution >= 4 is 47.4 Å². The number of hydrogen-bond donors (Lipinski definition) is 9. The third-order valence-electron chi connectivity index (χ3n) is 9.45. The average molecular weight is 782 g/mol. The van der Waals surface area contributed by atoms with Crippen LogP contribution in [0.5, 0.6) is 5.75 Å². The van der Waals surface area contributed by atoms with Crippen molar-refractivity contribution in [2.24, 2.45) is 11.7 Å². The van der Waals surface area contributed by atoms with Crippen LogP contribution in [0.25, 0.3) is 0 Å². The van der Waals surface area contributed by atoms with Gasteiger partial charge in [-0.3, -0.25) is 33.6 Å². The largest absolute Gasteiger partial charge is 0.508 e. The maximum absolute atomic E-state index is 13.7. The summed E-state index contributed by atoms with van der Waals surface area (Å²) in [5, 5.41) is 40.8. The van der Waals surface area contributed by atoms with E-state index in [2.05, 4.69) is 26.6 Å². The van der Waals surface area contributed by atoms with Crippen LogP contribution < -0.4 is 32.3 Å². The number of aliphatic carboxylic acids is 2. The molecule has 3 rings (SSSR count). The Bertz CT molecular complexity index is 1720. The summed E-state index contributed by atoms with van der Waals surface area (Å²) in [6.07, 6.45) is 0.484. The Morgan fingerprint density at radius 2 is 1.43 bits per heavy atom. The van der Waals surface area contributed by atoms with Crippen molar-refractivity contribution in [3.05, 3.63) is 65.7 Å². The lowest BCUT2D eigenvalue weighted by Gasteiger charge is -2.31. The first-order valence-corrected chi connectivity index (χ1v) is 18.3. The fraction of sp³-hybridized carbons (Fsp3) is 0.474. The molecule has 10 N–H and O–H groups in total. The molecular weight excluding hydrogens is 730 g/mol. The molecule has 2 aromatic rings. The first kappa shape index (κ1) is 44.4. The lowest BCUT2D eigenvalue weighted by molar-refractivity contribution is -0.143. The number of nitrogens with two attached hydrogens (primary N) is 1. The van der Waals surface area contributed by atoms with Crippen LogP contribution in [-0.2, 0) is 51.2 Å². The summed E-state index contributed by atoms with van der Waals surface area (Å²) in [6.45, 7) is 4.51. The average Bonchev–Trinajstić information content (AvgIpc) is 3.66. The number of amides is 6. The minimum atomic E-state index is -1.39. The summed E-state index contributed by atoms with van der Waals surface area (Å²) in [6, 6.07) is 7.26. The van der Waals surface area contributed by atoms with Crippen molar-refractivity contribution in [3.63, 3.8) is 0 Å². The number of aromatic hydroxyl groups is 1. The van der Waals surface area contributed by atoms with Crippen molar-refractivity contribution < 1.29 is 53.7 Å². The number of phenols is 1. The van der Waals surface area contributed by atoms with E-state index in [0.717, 1.165) is 0 Å². The van der Waals surface area contributed by atoms with Gasteiger partial charge < -0.3 is 52.5 Å². The highest BCUT2D eigenvalue weighted by Gasteiger charge is 2.40. The summed E-state index contributed by atoms with van der Waals surface area (Å²) in [5.74, 6) is -7.30. The Morgan fingerprint density at radius 1 is 0.804 bits per heavy atom. The quantitative estimate of drug-likeness (QED) is 0.0797. The van der Waals surface area contributed by atoms with E-state index in [9.17, 15) is 48.6 Å². The molecule has 0 unspecified atom stereocenters. The molecule has 18 nitrogen and oxygen atoms in total. The molecule has 18 heteroatoms.